The van der Waals surface area contributed by atoms with E-state index in [0.29, 0.717) is 16.0 Å². The van der Waals surface area contributed by atoms with E-state index in [9.17, 15) is 14.4 Å². The van der Waals surface area contributed by atoms with Gasteiger partial charge in [0.2, 0.25) is 11.6 Å². The Balaban J connectivity index is 1.85. The molecule has 0 unspecified atom stereocenters. The molecule has 0 aliphatic heterocycles. The minimum atomic E-state index is -0.587. The van der Waals surface area contributed by atoms with Crippen LogP contribution < -0.4 is 0 Å². The molecule has 31 heavy (non-hydrogen) atoms. The van der Waals surface area contributed by atoms with Crippen molar-refractivity contribution in [3.05, 3.63) is 69.9 Å². The molecule has 4 rings (SSSR count). The van der Waals surface area contributed by atoms with Gasteiger partial charge in [0.1, 0.15) is 5.71 Å². The summed E-state index contributed by atoms with van der Waals surface area (Å²) in [5.74, 6) is -0.936. The predicted molar refractivity (Wildman–Crippen MR) is 122 cm³/mol. The van der Waals surface area contributed by atoms with Crippen molar-refractivity contribution in [2.24, 2.45) is 5.16 Å². The predicted octanol–water partition coefficient (Wildman–Crippen LogP) is 5.23. The first-order valence-electron chi connectivity index (χ1n) is 9.81. The van der Waals surface area contributed by atoms with Gasteiger partial charge in [0.05, 0.1) is 4.88 Å². The van der Waals surface area contributed by atoms with Gasteiger partial charge in [-0.25, -0.2) is 4.79 Å². The lowest BCUT2D eigenvalue weighted by Gasteiger charge is -2.04. The standard InChI is InChI=1S/C24H20N2O4S/c1-4-26-20-9-7-16(23(28)14(2)25-30-15(3)27)12-18(20)19-13-17(8-10-21(19)26)24(29)22-6-5-11-31-22/h5-13H,4H2,1-3H3. The summed E-state index contributed by atoms with van der Waals surface area (Å²) in [5.41, 5.74) is 3.10. The van der Waals surface area contributed by atoms with E-state index < -0.39 is 5.97 Å². The Hall–Kier alpha value is -3.58. The van der Waals surface area contributed by atoms with Crippen LogP contribution in [0.5, 0.6) is 0 Å². The Morgan fingerprint density at radius 1 is 0.968 bits per heavy atom. The Kier molecular flexibility index (Phi) is 5.52. The van der Waals surface area contributed by atoms with Gasteiger partial charge in [-0.1, -0.05) is 11.2 Å². The number of ketones is 2. The van der Waals surface area contributed by atoms with Gasteiger partial charge in [-0.15, -0.1) is 11.3 Å². The molecule has 0 aliphatic rings. The van der Waals surface area contributed by atoms with E-state index in [-0.39, 0.29) is 17.3 Å². The molecule has 2 heterocycles. The van der Waals surface area contributed by atoms with Gasteiger partial charge in [-0.3, -0.25) is 9.59 Å². The van der Waals surface area contributed by atoms with Gasteiger partial charge >= 0.3 is 5.97 Å². The Morgan fingerprint density at radius 3 is 2.19 bits per heavy atom. The van der Waals surface area contributed by atoms with Gasteiger partial charge in [-0.2, -0.15) is 0 Å². The summed E-state index contributed by atoms with van der Waals surface area (Å²) in [6.45, 7) is 5.53. The largest absolute Gasteiger partial charge is 0.341 e. The zero-order valence-corrected chi connectivity index (χ0v) is 18.2. The molecule has 0 radical (unpaired) electrons. The van der Waals surface area contributed by atoms with Crippen LogP contribution in [0.1, 0.15) is 46.4 Å². The third-order valence-electron chi connectivity index (χ3n) is 5.09. The molecule has 0 aliphatic carbocycles. The number of hydrogen-bond acceptors (Lipinski definition) is 6. The average Bonchev–Trinajstić information content (AvgIpc) is 3.42. The van der Waals surface area contributed by atoms with E-state index in [4.69, 9.17) is 0 Å². The fourth-order valence-corrected chi connectivity index (χ4v) is 4.35. The number of thiophene rings is 1. The average molecular weight is 433 g/mol. The first kappa shape index (κ1) is 20.7. The quantitative estimate of drug-likeness (QED) is 0.181. The maximum atomic E-state index is 12.8. The van der Waals surface area contributed by atoms with Gasteiger partial charge in [0, 0.05) is 46.4 Å². The normalized spacial score (nSPS) is 11.8. The molecule has 0 bridgehead atoms. The molecule has 0 amide bonds. The van der Waals surface area contributed by atoms with Crippen LogP contribution in [0.4, 0.5) is 0 Å². The number of carbonyl (C=O) groups excluding carboxylic acids is 3. The number of benzene rings is 2. The first-order valence-corrected chi connectivity index (χ1v) is 10.7. The topological polar surface area (TPSA) is 77.7 Å². The van der Waals surface area contributed by atoms with Crippen molar-refractivity contribution in [1.82, 2.24) is 4.57 Å². The molecule has 0 saturated heterocycles. The van der Waals surface area contributed by atoms with Crippen molar-refractivity contribution in [3.8, 4) is 0 Å². The highest BCUT2D eigenvalue weighted by Crippen LogP contribution is 2.31. The fourth-order valence-electron chi connectivity index (χ4n) is 3.66. The second-order valence-corrected chi connectivity index (χ2v) is 8.05. The molecule has 0 spiro atoms. The van der Waals surface area contributed by atoms with Crippen molar-refractivity contribution in [1.29, 1.82) is 0 Å². The summed E-state index contributed by atoms with van der Waals surface area (Å²) in [5, 5.41) is 7.26. The molecule has 0 atom stereocenters. The minimum Gasteiger partial charge on any atom is -0.341 e. The van der Waals surface area contributed by atoms with Crippen LogP contribution in [0.15, 0.2) is 59.1 Å². The van der Waals surface area contributed by atoms with Crippen LogP contribution in [0.3, 0.4) is 0 Å². The third-order valence-corrected chi connectivity index (χ3v) is 5.96. The zero-order chi connectivity index (χ0) is 22.1. The second kappa shape index (κ2) is 8.28. The van der Waals surface area contributed by atoms with Crippen LogP contribution in [-0.2, 0) is 16.2 Å². The molecule has 0 fully saturated rings. The highest BCUT2D eigenvalue weighted by Gasteiger charge is 2.17. The monoisotopic (exact) mass is 432 g/mol. The third kappa shape index (κ3) is 3.80. The van der Waals surface area contributed by atoms with Crippen molar-refractivity contribution in [2.45, 2.75) is 27.3 Å². The number of fused-ring (bicyclic) bond motifs is 3. The fraction of sp³-hybridized carbons (Fsp3) is 0.167. The molecule has 0 saturated carbocycles. The molecule has 6 nitrogen and oxygen atoms in total. The number of nitrogens with zero attached hydrogens (tertiary/aromatic N) is 2. The number of oxime groups is 1. The van der Waals surface area contributed by atoms with Crippen molar-refractivity contribution in [3.63, 3.8) is 0 Å². The number of Topliss-reactive ketones (excluding diaryl/α,β-unsaturated/α-hetero) is 1. The SMILES string of the molecule is CCn1c2ccc(C(=O)C(C)=NOC(C)=O)cc2c2cc(C(=O)c3cccs3)ccc21. The summed E-state index contributed by atoms with van der Waals surface area (Å²) in [4.78, 5) is 41.9. The Morgan fingerprint density at radius 2 is 1.61 bits per heavy atom. The maximum Gasteiger partial charge on any atom is 0.331 e. The summed E-state index contributed by atoms with van der Waals surface area (Å²) < 4.78 is 2.15. The zero-order valence-electron chi connectivity index (χ0n) is 17.3. The highest BCUT2D eigenvalue weighted by molar-refractivity contribution is 7.12. The Labute approximate surface area is 182 Å². The van der Waals surface area contributed by atoms with Crippen LogP contribution in [-0.4, -0.2) is 27.8 Å². The minimum absolute atomic E-state index is 0.0223. The molecular formula is C24H20N2O4S. The van der Waals surface area contributed by atoms with E-state index in [0.717, 1.165) is 28.4 Å². The molecule has 0 N–H and O–H groups in total. The van der Waals surface area contributed by atoms with Gasteiger partial charge in [0.15, 0.2) is 0 Å². The molecule has 4 aromatic rings. The highest BCUT2D eigenvalue weighted by atomic mass is 32.1. The number of rotatable bonds is 6. The van der Waals surface area contributed by atoms with Crippen LogP contribution in [0.2, 0.25) is 0 Å². The van der Waals surface area contributed by atoms with Crippen molar-refractivity contribution < 1.29 is 19.2 Å². The molecule has 2 aromatic heterocycles. The summed E-state index contributed by atoms with van der Waals surface area (Å²) in [7, 11) is 0. The molecule has 7 heteroatoms. The number of carbonyl (C=O) groups is 3. The van der Waals surface area contributed by atoms with E-state index in [2.05, 4.69) is 21.5 Å². The van der Waals surface area contributed by atoms with E-state index in [1.165, 1.54) is 25.2 Å². The first-order chi connectivity index (χ1) is 14.9. The summed E-state index contributed by atoms with van der Waals surface area (Å²) in [6.07, 6.45) is 0. The lowest BCUT2D eigenvalue weighted by molar-refractivity contribution is -0.140. The maximum absolute atomic E-state index is 12.8. The number of aromatic nitrogens is 1. The summed E-state index contributed by atoms with van der Waals surface area (Å²) >= 11 is 1.41. The van der Waals surface area contributed by atoms with Gasteiger partial charge in [0.25, 0.3) is 0 Å². The van der Waals surface area contributed by atoms with Crippen LogP contribution >= 0.6 is 11.3 Å². The van der Waals surface area contributed by atoms with Crippen LogP contribution in [0.25, 0.3) is 21.8 Å². The summed E-state index contributed by atoms with van der Waals surface area (Å²) in [6, 6.07) is 14.8. The van der Waals surface area contributed by atoms with Gasteiger partial charge < -0.3 is 9.40 Å². The molecule has 2 aromatic carbocycles. The lowest BCUT2D eigenvalue weighted by Crippen LogP contribution is -2.11. The number of aryl methyl sites for hydroxylation is 1. The number of hydrogen-bond donors (Lipinski definition) is 0. The van der Waals surface area contributed by atoms with Crippen LogP contribution in [0, 0.1) is 0 Å². The second-order valence-electron chi connectivity index (χ2n) is 7.10. The Bertz CT molecular complexity index is 1360. The van der Waals surface area contributed by atoms with Gasteiger partial charge in [-0.05, 0) is 61.7 Å². The molecule has 156 valence electrons. The van der Waals surface area contributed by atoms with E-state index in [1.807, 2.05) is 41.8 Å². The van der Waals surface area contributed by atoms with Crippen molar-refractivity contribution in [2.75, 3.05) is 0 Å². The van der Waals surface area contributed by atoms with E-state index in [1.54, 1.807) is 12.1 Å². The van der Waals surface area contributed by atoms with Crippen molar-refractivity contribution >= 4 is 56.4 Å². The smallest absolute Gasteiger partial charge is 0.331 e. The molecular weight excluding hydrogens is 412 g/mol. The lowest BCUT2D eigenvalue weighted by atomic mass is 10.0. The van der Waals surface area contributed by atoms with E-state index >= 15 is 0 Å².